The van der Waals surface area contributed by atoms with Crippen LogP contribution in [0.25, 0.3) is 122 Å². The van der Waals surface area contributed by atoms with Crippen LogP contribution < -0.4 is 0 Å². The molecule has 0 aliphatic carbocycles. The summed E-state index contributed by atoms with van der Waals surface area (Å²) in [6.45, 7) is 0. The van der Waals surface area contributed by atoms with Gasteiger partial charge in [0, 0.05) is 49.6 Å². The lowest BCUT2D eigenvalue weighted by Gasteiger charge is -2.13. The molecule has 0 aliphatic rings. The predicted molar refractivity (Wildman–Crippen MR) is 273 cm³/mol. The van der Waals surface area contributed by atoms with E-state index in [1.165, 1.54) is 49.2 Å². The fraction of sp³-hybridized carbons (Fsp3) is 0. The molecule has 0 spiro atoms. The van der Waals surface area contributed by atoms with Gasteiger partial charge in [-0.05, 0) is 99.8 Å². The maximum Gasteiger partial charge on any atom is 0.164 e. The number of nitrogens with zero attached hydrogens (tertiary/aromatic N) is 5. The smallest absolute Gasteiger partial charge is 0.164 e. The van der Waals surface area contributed by atoms with Crippen molar-refractivity contribution in [3.63, 3.8) is 0 Å². The Hall–Kier alpha value is -8.93. The monoisotopic (exact) mass is 841 g/mol. The van der Waals surface area contributed by atoms with Gasteiger partial charge in [-0.3, -0.25) is 0 Å². The zero-order valence-electron chi connectivity index (χ0n) is 35.8. The second kappa shape index (κ2) is 15.4. The molecule has 0 aliphatic heterocycles. The summed E-state index contributed by atoms with van der Waals surface area (Å²) < 4.78 is 4.71. The van der Waals surface area contributed by atoms with Crippen molar-refractivity contribution in [2.24, 2.45) is 0 Å². The molecule has 10 aromatic carbocycles. The van der Waals surface area contributed by atoms with E-state index >= 15 is 0 Å². The largest absolute Gasteiger partial charge is 0.309 e. The van der Waals surface area contributed by atoms with E-state index in [9.17, 15) is 0 Å². The highest BCUT2D eigenvalue weighted by Crippen LogP contribution is 2.38. The molecule has 3 heterocycles. The highest BCUT2D eigenvalue weighted by Gasteiger charge is 2.19. The summed E-state index contributed by atoms with van der Waals surface area (Å²) in [5.74, 6) is 1.83. The third kappa shape index (κ3) is 6.36. The molecule has 3 aromatic heterocycles. The third-order valence-corrected chi connectivity index (χ3v) is 12.9. The van der Waals surface area contributed by atoms with Crippen LogP contribution in [0.4, 0.5) is 0 Å². The first-order valence-corrected chi connectivity index (χ1v) is 22.3. The Labute approximate surface area is 381 Å². The zero-order chi connectivity index (χ0) is 43.6. The van der Waals surface area contributed by atoms with Gasteiger partial charge in [-0.2, -0.15) is 0 Å². The van der Waals surface area contributed by atoms with Crippen molar-refractivity contribution in [3.05, 3.63) is 237 Å². The quantitative estimate of drug-likeness (QED) is 0.161. The van der Waals surface area contributed by atoms with Crippen molar-refractivity contribution in [3.8, 4) is 67.8 Å². The number of fused-ring (bicyclic) bond motifs is 7. The number of hydrogen-bond donors (Lipinski definition) is 0. The summed E-state index contributed by atoms with van der Waals surface area (Å²) >= 11 is 0. The molecule has 0 bridgehead atoms. The molecule has 0 atom stereocenters. The third-order valence-electron chi connectivity index (χ3n) is 12.9. The molecule has 13 aromatic rings. The van der Waals surface area contributed by atoms with Crippen molar-refractivity contribution in [1.82, 2.24) is 24.1 Å². The average molecular weight is 842 g/mol. The topological polar surface area (TPSA) is 48.5 Å². The van der Waals surface area contributed by atoms with Gasteiger partial charge in [-0.15, -0.1) is 0 Å². The summed E-state index contributed by atoms with van der Waals surface area (Å²) in [6, 6.07) is 84.1. The van der Waals surface area contributed by atoms with E-state index in [2.05, 4.69) is 246 Å². The minimum atomic E-state index is 0.604. The fourth-order valence-electron chi connectivity index (χ4n) is 9.78. The van der Waals surface area contributed by atoms with Crippen LogP contribution in [-0.2, 0) is 0 Å². The van der Waals surface area contributed by atoms with Gasteiger partial charge in [0.2, 0.25) is 0 Å². The van der Waals surface area contributed by atoms with Crippen LogP contribution in [0.15, 0.2) is 237 Å². The van der Waals surface area contributed by atoms with E-state index in [1.54, 1.807) is 0 Å². The van der Waals surface area contributed by atoms with E-state index < -0.39 is 0 Å². The highest BCUT2D eigenvalue weighted by molar-refractivity contribution is 6.11. The summed E-state index contributed by atoms with van der Waals surface area (Å²) in [5, 5.41) is 7.12. The minimum Gasteiger partial charge on any atom is -0.309 e. The Morgan fingerprint density at radius 1 is 0.227 bits per heavy atom. The zero-order valence-corrected chi connectivity index (χ0v) is 35.8. The van der Waals surface area contributed by atoms with Gasteiger partial charge in [0.25, 0.3) is 0 Å². The molecular formula is C61H39N5. The maximum atomic E-state index is 5.31. The number of para-hydroxylation sites is 2. The van der Waals surface area contributed by atoms with Crippen LogP contribution in [0.5, 0.6) is 0 Å². The van der Waals surface area contributed by atoms with Gasteiger partial charge < -0.3 is 9.13 Å². The molecule has 308 valence electrons. The number of rotatable bonds is 7. The van der Waals surface area contributed by atoms with Crippen molar-refractivity contribution in [2.45, 2.75) is 0 Å². The molecule has 0 unspecified atom stereocenters. The van der Waals surface area contributed by atoms with Crippen LogP contribution >= 0.6 is 0 Å². The van der Waals surface area contributed by atoms with Crippen molar-refractivity contribution in [2.75, 3.05) is 0 Å². The van der Waals surface area contributed by atoms with E-state index in [0.717, 1.165) is 55.5 Å². The summed E-state index contributed by atoms with van der Waals surface area (Å²) in [7, 11) is 0. The first-order chi connectivity index (χ1) is 32.7. The van der Waals surface area contributed by atoms with Crippen LogP contribution in [0.1, 0.15) is 0 Å². The first-order valence-electron chi connectivity index (χ1n) is 22.3. The Bertz CT molecular complexity index is 3780. The van der Waals surface area contributed by atoms with E-state index in [4.69, 9.17) is 15.0 Å². The van der Waals surface area contributed by atoms with Crippen LogP contribution in [0, 0.1) is 0 Å². The van der Waals surface area contributed by atoms with Gasteiger partial charge >= 0.3 is 0 Å². The molecule has 0 saturated heterocycles. The molecule has 5 heteroatoms. The molecule has 0 fully saturated rings. The minimum absolute atomic E-state index is 0.604. The molecule has 13 rings (SSSR count). The lowest BCUT2D eigenvalue weighted by Crippen LogP contribution is -2.02. The summed E-state index contributed by atoms with van der Waals surface area (Å²) in [5.41, 5.74) is 14.1. The fourth-order valence-corrected chi connectivity index (χ4v) is 9.78. The molecule has 5 nitrogen and oxygen atoms in total. The lowest BCUT2D eigenvalue weighted by molar-refractivity contribution is 1.07. The van der Waals surface area contributed by atoms with Gasteiger partial charge in [0.15, 0.2) is 17.5 Å². The first kappa shape index (κ1) is 37.6. The molecule has 66 heavy (non-hydrogen) atoms. The lowest BCUT2D eigenvalue weighted by atomic mass is 10.0. The SMILES string of the molecule is c1ccc(-c2ccc3c(c2)c2ccccc2n3-c2cccc(-c3nc(-c4cccc(-n5c6ccccc6c6cc(-c7ccccc7)ccc65)c4)nc(-c4ccc5ccccc5c4)n3)c2)cc1. The number of hydrogen-bond acceptors (Lipinski definition) is 3. The second-order valence-corrected chi connectivity index (χ2v) is 16.9. The number of benzene rings is 10. The molecule has 0 N–H and O–H groups in total. The van der Waals surface area contributed by atoms with Crippen LogP contribution in [0.3, 0.4) is 0 Å². The normalized spacial score (nSPS) is 11.6. The Morgan fingerprint density at radius 3 is 1.14 bits per heavy atom. The highest BCUT2D eigenvalue weighted by atomic mass is 15.0. The van der Waals surface area contributed by atoms with Gasteiger partial charge in [-0.25, -0.2) is 15.0 Å². The second-order valence-electron chi connectivity index (χ2n) is 16.9. The van der Waals surface area contributed by atoms with Gasteiger partial charge in [0.05, 0.1) is 22.1 Å². The molecule has 0 radical (unpaired) electrons. The van der Waals surface area contributed by atoms with E-state index in [0.29, 0.717) is 17.5 Å². The molecule has 0 amide bonds. The van der Waals surface area contributed by atoms with Crippen molar-refractivity contribution < 1.29 is 0 Å². The van der Waals surface area contributed by atoms with Crippen molar-refractivity contribution >= 4 is 54.4 Å². The van der Waals surface area contributed by atoms with E-state index in [-0.39, 0.29) is 0 Å². The Balaban J connectivity index is 0.970. The van der Waals surface area contributed by atoms with Gasteiger partial charge in [0.1, 0.15) is 0 Å². The standard InChI is InChI=1S/C61H39N5/c1-3-15-40(16-4-1)44-31-33-57-53(38-44)51-25-9-11-27-55(51)65(57)49-23-13-21-46(36-49)59-62-60(64-61(63-59)48-30-29-42-19-7-8-20-43(42)35-48)47-22-14-24-50(37-47)66-56-28-12-10-26-52(56)54-39-45(32-34-58(54)66)41-17-5-2-6-18-41/h1-39H. The van der Waals surface area contributed by atoms with E-state index in [1.807, 2.05) is 0 Å². The van der Waals surface area contributed by atoms with Crippen LogP contribution in [-0.4, -0.2) is 24.1 Å². The maximum absolute atomic E-state index is 5.31. The Morgan fingerprint density at radius 2 is 0.621 bits per heavy atom. The van der Waals surface area contributed by atoms with Crippen molar-refractivity contribution in [1.29, 1.82) is 0 Å². The molecule has 0 saturated carbocycles. The van der Waals surface area contributed by atoms with Gasteiger partial charge in [-0.1, -0.05) is 170 Å². The Kier molecular flexibility index (Phi) is 8.78. The summed E-state index contributed by atoms with van der Waals surface area (Å²) in [4.78, 5) is 15.8. The summed E-state index contributed by atoms with van der Waals surface area (Å²) in [6.07, 6.45) is 0. The van der Waals surface area contributed by atoms with Crippen LogP contribution in [0.2, 0.25) is 0 Å². The predicted octanol–water partition coefficient (Wildman–Crippen LogP) is 15.6. The average Bonchev–Trinajstić information content (AvgIpc) is 3.91. The number of aromatic nitrogens is 5. The molecular weight excluding hydrogens is 803 g/mol.